The second-order valence-electron chi connectivity index (χ2n) is 4.91. The molecule has 2 unspecified atom stereocenters. The van der Waals surface area contributed by atoms with Crippen LogP contribution in [0.5, 0.6) is 11.5 Å². The van der Waals surface area contributed by atoms with Crippen LogP contribution in [0.25, 0.3) is 0 Å². The van der Waals surface area contributed by atoms with E-state index in [0.717, 1.165) is 12.8 Å². The highest BCUT2D eigenvalue weighted by molar-refractivity contribution is 7.92. The highest BCUT2D eigenvalue weighted by Gasteiger charge is 2.36. The van der Waals surface area contributed by atoms with Crippen molar-refractivity contribution in [3.05, 3.63) is 23.8 Å². The third-order valence-electron chi connectivity index (χ3n) is 3.69. The van der Waals surface area contributed by atoms with Crippen molar-refractivity contribution >= 4 is 21.4 Å². The van der Waals surface area contributed by atoms with Crippen molar-refractivity contribution in [2.75, 3.05) is 20.0 Å². The van der Waals surface area contributed by atoms with Gasteiger partial charge in [0.15, 0.2) is 9.84 Å². The van der Waals surface area contributed by atoms with E-state index >= 15 is 0 Å². The number of rotatable bonds is 4. The largest absolute Gasteiger partial charge is 0.497 e. The third-order valence-corrected chi connectivity index (χ3v) is 6.67. The maximum atomic E-state index is 12.2. The maximum absolute atomic E-state index is 12.2. The quantitative estimate of drug-likeness (QED) is 0.801. The van der Waals surface area contributed by atoms with Crippen LogP contribution in [0.3, 0.4) is 0 Å². The molecule has 0 spiro atoms. The first-order chi connectivity index (χ1) is 9.49. The van der Waals surface area contributed by atoms with E-state index in [2.05, 4.69) is 0 Å². The Morgan fingerprint density at radius 3 is 2.60 bits per heavy atom. The molecule has 2 atom stereocenters. The Morgan fingerprint density at radius 1 is 1.25 bits per heavy atom. The summed E-state index contributed by atoms with van der Waals surface area (Å²) in [6.07, 6.45) is 2.20. The Balaban J connectivity index is 2.38. The predicted octanol–water partition coefficient (Wildman–Crippen LogP) is 2.95. The average Bonchev–Trinajstić information content (AvgIpc) is 2.45. The van der Waals surface area contributed by atoms with Crippen LogP contribution in [0, 0.1) is 0 Å². The summed E-state index contributed by atoms with van der Waals surface area (Å²) in [4.78, 5) is 0. The molecule has 1 fully saturated rings. The molecule has 112 valence electrons. The molecule has 0 amide bonds. The molecule has 2 rings (SSSR count). The zero-order valence-corrected chi connectivity index (χ0v) is 13.2. The van der Waals surface area contributed by atoms with Gasteiger partial charge in [-0.25, -0.2) is 8.42 Å². The number of hydrogen-bond acceptors (Lipinski definition) is 4. The van der Waals surface area contributed by atoms with Crippen LogP contribution in [-0.4, -0.2) is 33.6 Å². The first-order valence-electron chi connectivity index (χ1n) is 6.57. The Kier molecular flexibility index (Phi) is 4.81. The lowest BCUT2D eigenvalue weighted by Gasteiger charge is -2.27. The smallest absolute Gasteiger partial charge is 0.154 e. The molecule has 6 heteroatoms. The van der Waals surface area contributed by atoms with Crippen molar-refractivity contribution in [3.63, 3.8) is 0 Å². The fourth-order valence-corrected chi connectivity index (χ4v) is 5.28. The zero-order chi connectivity index (χ0) is 14.8. The summed E-state index contributed by atoms with van der Waals surface area (Å²) < 4.78 is 34.9. The van der Waals surface area contributed by atoms with Crippen LogP contribution in [0.15, 0.2) is 18.2 Å². The predicted molar refractivity (Wildman–Crippen MR) is 79.6 cm³/mol. The van der Waals surface area contributed by atoms with Crippen molar-refractivity contribution < 1.29 is 17.9 Å². The molecule has 20 heavy (non-hydrogen) atoms. The van der Waals surface area contributed by atoms with Crippen molar-refractivity contribution in [1.29, 1.82) is 0 Å². The fraction of sp³-hybridized carbons (Fsp3) is 0.571. The van der Waals surface area contributed by atoms with Crippen LogP contribution >= 0.6 is 11.6 Å². The van der Waals surface area contributed by atoms with Gasteiger partial charge in [0.1, 0.15) is 11.5 Å². The van der Waals surface area contributed by atoms with Crippen molar-refractivity contribution in [3.8, 4) is 11.5 Å². The minimum Gasteiger partial charge on any atom is -0.497 e. The molecule has 1 aliphatic rings. The second-order valence-corrected chi connectivity index (χ2v) is 7.72. The number of hydrogen-bond donors (Lipinski definition) is 0. The molecule has 0 aromatic heterocycles. The molecule has 1 heterocycles. The van der Waals surface area contributed by atoms with Crippen LogP contribution < -0.4 is 9.47 Å². The Bertz CT molecular complexity index is 571. The molecule has 0 bridgehead atoms. The van der Waals surface area contributed by atoms with Crippen LogP contribution in [-0.2, 0) is 9.84 Å². The summed E-state index contributed by atoms with van der Waals surface area (Å²) >= 11 is 6.47. The molecule has 0 aliphatic carbocycles. The van der Waals surface area contributed by atoms with E-state index in [-0.39, 0.29) is 5.75 Å². The number of sulfone groups is 1. The molecule has 1 aromatic carbocycles. The zero-order valence-electron chi connectivity index (χ0n) is 11.6. The van der Waals surface area contributed by atoms with Crippen molar-refractivity contribution in [1.82, 2.24) is 0 Å². The van der Waals surface area contributed by atoms with Gasteiger partial charge in [-0.2, -0.15) is 0 Å². The summed E-state index contributed by atoms with van der Waals surface area (Å²) in [5, 5.41) is -1.18. The standard InChI is InChI=1S/C14H19ClO4S/c1-18-10-6-7-12(19-2)11(9-10)14(15)13-5-3-4-8-20(13,16)17/h6-7,9,13-14H,3-5,8H2,1-2H3. The van der Waals surface area contributed by atoms with E-state index in [0.29, 0.717) is 23.5 Å². The molecule has 1 saturated heterocycles. The van der Waals surface area contributed by atoms with E-state index in [1.807, 2.05) is 0 Å². The molecule has 0 saturated carbocycles. The normalized spacial score (nSPS) is 23.1. The minimum absolute atomic E-state index is 0.215. The molecule has 4 nitrogen and oxygen atoms in total. The van der Waals surface area contributed by atoms with E-state index in [9.17, 15) is 8.42 Å². The molecule has 1 aliphatic heterocycles. The van der Waals surface area contributed by atoms with Gasteiger partial charge >= 0.3 is 0 Å². The Labute approximate surface area is 125 Å². The van der Waals surface area contributed by atoms with Gasteiger partial charge < -0.3 is 9.47 Å². The Morgan fingerprint density at radius 2 is 2.00 bits per heavy atom. The first kappa shape index (κ1) is 15.4. The van der Waals surface area contributed by atoms with Gasteiger partial charge in [0.05, 0.1) is 30.6 Å². The average molecular weight is 319 g/mol. The highest BCUT2D eigenvalue weighted by atomic mass is 35.5. The molecule has 1 aromatic rings. The Hall–Kier alpha value is -0.940. The van der Waals surface area contributed by atoms with E-state index in [4.69, 9.17) is 21.1 Å². The van der Waals surface area contributed by atoms with Gasteiger partial charge in [0, 0.05) is 5.56 Å². The molecular weight excluding hydrogens is 300 g/mol. The van der Waals surface area contributed by atoms with Crippen molar-refractivity contribution in [2.45, 2.75) is 29.9 Å². The van der Waals surface area contributed by atoms with E-state index in [1.54, 1.807) is 32.4 Å². The molecule has 0 radical (unpaired) electrons. The van der Waals surface area contributed by atoms with Gasteiger partial charge in [-0.3, -0.25) is 0 Å². The maximum Gasteiger partial charge on any atom is 0.154 e. The number of halogens is 1. The monoisotopic (exact) mass is 318 g/mol. The number of methoxy groups -OCH3 is 2. The topological polar surface area (TPSA) is 52.6 Å². The van der Waals surface area contributed by atoms with Gasteiger partial charge in [-0.1, -0.05) is 6.42 Å². The van der Waals surface area contributed by atoms with Gasteiger partial charge in [0.25, 0.3) is 0 Å². The third kappa shape index (κ3) is 3.04. The SMILES string of the molecule is COc1ccc(OC)c(C(Cl)C2CCCCS2(=O)=O)c1. The van der Waals surface area contributed by atoms with Crippen molar-refractivity contribution in [2.24, 2.45) is 0 Å². The van der Waals surface area contributed by atoms with Crippen LogP contribution in [0.2, 0.25) is 0 Å². The van der Waals surface area contributed by atoms with E-state index in [1.165, 1.54) is 0 Å². The summed E-state index contributed by atoms with van der Waals surface area (Å²) in [5.41, 5.74) is 0.670. The lowest BCUT2D eigenvalue weighted by Crippen LogP contribution is -2.32. The van der Waals surface area contributed by atoms with Gasteiger partial charge in [-0.05, 0) is 31.0 Å². The molecular formula is C14H19ClO4S. The lowest BCUT2D eigenvalue weighted by atomic mass is 10.0. The lowest BCUT2D eigenvalue weighted by molar-refractivity contribution is 0.397. The summed E-state index contributed by atoms with van der Waals surface area (Å²) in [6, 6.07) is 5.26. The summed E-state index contributed by atoms with van der Waals surface area (Å²) in [7, 11) is -0.0362. The number of benzene rings is 1. The van der Waals surface area contributed by atoms with Crippen LogP contribution in [0.4, 0.5) is 0 Å². The number of alkyl halides is 1. The highest BCUT2D eigenvalue weighted by Crippen LogP contribution is 2.40. The minimum atomic E-state index is -3.14. The molecule has 0 N–H and O–H groups in total. The number of ether oxygens (including phenoxy) is 2. The summed E-state index contributed by atoms with van der Waals surface area (Å²) in [6.45, 7) is 0. The van der Waals surface area contributed by atoms with E-state index < -0.39 is 20.5 Å². The van der Waals surface area contributed by atoms with Crippen LogP contribution in [0.1, 0.15) is 30.2 Å². The van der Waals surface area contributed by atoms with Gasteiger partial charge in [0.2, 0.25) is 0 Å². The first-order valence-corrected chi connectivity index (χ1v) is 8.72. The fourth-order valence-electron chi connectivity index (χ4n) is 2.56. The van der Waals surface area contributed by atoms with Gasteiger partial charge in [-0.15, -0.1) is 11.6 Å². The second kappa shape index (κ2) is 6.22. The summed E-state index contributed by atoms with van der Waals surface area (Å²) in [5.74, 6) is 1.44.